The number of aliphatic carboxylic acids is 1. The first-order chi connectivity index (χ1) is 12.3. The van der Waals surface area contributed by atoms with Crippen molar-refractivity contribution in [1.29, 1.82) is 0 Å². The van der Waals surface area contributed by atoms with Crippen molar-refractivity contribution in [2.24, 2.45) is 11.8 Å². The summed E-state index contributed by atoms with van der Waals surface area (Å²) in [5.41, 5.74) is 2.62. The Hall–Kier alpha value is -2.49. The molecule has 0 bridgehead atoms. The standard InChI is InChI=1S/C22H26O4/c1-13-4-7-18(21(25)26)22(12-13,16-5-8-19(23)14(2)10-16)17-6-9-20(24)15(3)11-17/h5-6,8-11,13,18,23-24H,4,7,12H2,1-3H3,(H,25,26). The number of hydrogen-bond donors (Lipinski definition) is 3. The highest BCUT2D eigenvalue weighted by Gasteiger charge is 2.49. The zero-order valence-corrected chi connectivity index (χ0v) is 15.5. The number of hydrogen-bond acceptors (Lipinski definition) is 3. The average molecular weight is 354 g/mol. The fourth-order valence-electron chi connectivity index (χ4n) is 4.50. The monoisotopic (exact) mass is 354 g/mol. The number of carboxylic acids is 1. The number of aromatic hydroxyl groups is 2. The maximum atomic E-state index is 12.2. The van der Waals surface area contributed by atoms with Gasteiger partial charge in [-0.3, -0.25) is 4.79 Å². The van der Waals surface area contributed by atoms with Crippen molar-refractivity contribution < 1.29 is 20.1 Å². The first-order valence-corrected chi connectivity index (χ1v) is 9.08. The molecule has 1 aliphatic carbocycles. The van der Waals surface area contributed by atoms with Gasteiger partial charge in [0.25, 0.3) is 0 Å². The van der Waals surface area contributed by atoms with Crippen LogP contribution >= 0.6 is 0 Å². The van der Waals surface area contributed by atoms with Crippen LogP contribution in [0.1, 0.15) is 48.4 Å². The van der Waals surface area contributed by atoms with Crippen molar-refractivity contribution in [1.82, 2.24) is 0 Å². The zero-order chi connectivity index (χ0) is 19.1. The third-order valence-corrected chi connectivity index (χ3v) is 5.94. The molecule has 1 saturated carbocycles. The molecule has 1 fully saturated rings. The second-order valence-electron chi connectivity index (χ2n) is 7.75. The van der Waals surface area contributed by atoms with Crippen LogP contribution < -0.4 is 0 Å². The molecule has 138 valence electrons. The molecule has 2 unspecified atom stereocenters. The lowest BCUT2D eigenvalue weighted by atomic mass is 9.56. The van der Waals surface area contributed by atoms with Gasteiger partial charge in [-0.05, 0) is 73.4 Å². The summed E-state index contributed by atoms with van der Waals surface area (Å²) >= 11 is 0. The van der Waals surface area contributed by atoms with Gasteiger partial charge in [0, 0.05) is 5.41 Å². The quantitative estimate of drug-likeness (QED) is 0.757. The first kappa shape index (κ1) is 18.3. The molecule has 0 saturated heterocycles. The van der Waals surface area contributed by atoms with Gasteiger partial charge >= 0.3 is 5.97 Å². The van der Waals surface area contributed by atoms with Gasteiger partial charge in [-0.15, -0.1) is 0 Å². The fraction of sp³-hybridized carbons (Fsp3) is 0.409. The van der Waals surface area contributed by atoms with E-state index in [0.29, 0.717) is 12.3 Å². The van der Waals surface area contributed by atoms with Crippen molar-refractivity contribution in [3.8, 4) is 11.5 Å². The van der Waals surface area contributed by atoms with E-state index in [1.807, 2.05) is 38.1 Å². The first-order valence-electron chi connectivity index (χ1n) is 9.08. The van der Waals surface area contributed by atoms with Gasteiger partial charge in [0.15, 0.2) is 0 Å². The van der Waals surface area contributed by atoms with Crippen LogP contribution in [0.5, 0.6) is 11.5 Å². The molecule has 0 heterocycles. The molecule has 26 heavy (non-hydrogen) atoms. The van der Waals surface area contributed by atoms with Gasteiger partial charge in [-0.25, -0.2) is 0 Å². The predicted molar refractivity (Wildman–Crippen MR) is 101 cm³/mol. The lowest BCUT2D eigenvalue weighted by Crippen LogP contribution is -2.45. The van der Waals surface area contributed by atoms with Crippen molar-refractivity contribution >= 4 is 5.97 Å². The summed E-state index contributed by atoms with van der Waals surface area (Å²) in [4.78, 5) is 12.2. The number of carboxylic acid groups (broad SMARTS) is 1. The SMILES string of the molecule is Cc1cc(C2(c3ccc(O)c(C)c3)CC(C)CCC2C(=O)O)ccc1O. The van der Waals surface area contributed by atoms with Crippen molar-refractivity contribution in [2.75, 3.05) is 0 Å². The van der Waals surface area contributed by atoms with Gasteiger partial charge in [0.05, 0.1) is 5.92 Å². The highest BCUT2D eigenvalue weighted by atomic mass is 16.4. The highest BCUT2D eigenvalue weighted by molar-refractivity contribution is 5.74. The van der Waals surface area contributed by atoms with E-state index in [9.17, 15) is 20.1 Å². The number of phenols is 2. The Morgan fingerprint density at radius 3 is 1.88 bits per heavy atom. The van der Waals surface area contributed by atoms with Crippen LogP contribution in [0.2, 0.25) is 0 Å². The molecule has 4 heteroatoms. The van der Waals surface area contributed by atoms with Crippen molar-refractivity contribution in [3.63, 3.8) is 0 Å². The molecule has 0 aromatic heterocycles. The second-order valence-corrected chi connectivity index (χ2v) is 7.75. The van der Waals surface area contributed by atoms with Crippen LogP contribution in [0.4, 0.5) is 0 Å². The molecule has 3 N–H and O–H groups in total. The van der Waals surface area contributed by atoms with E-state index >= 15 is 0 Å². The number of aryl methyl sites for hydroxylation is 2. The summed E-state index contributed by atoms with van der Waals surface area (Å²) in [6, 6.07) is 10.8. The lowest BCUT2D eigenvalue weighted by Gasteiger charge is -2.46. The summed E-state index contributed by atoms with van der Waals surface area (Å²) in [6.45, 7) is 5.82. The topological polar surface area (TPSA) is 77.8 Å². The largest absolute Gasteiger partial charge is 0.508 e. The van der Waals surface area contributed by atoms with Crippen LogP contribution in [0.3, 0.4) is 0 Å². The van der Waals surface area contributed by atoms with E-state index in [1.54, 1.807) is 12.1 Å². The maximum absolute atomic E-state index is 12.2. The molecule has 1 aliphatic rings. The molecule has 4 nitrogen and oxygen atoms in total. The summed E-state index contributed by atoms with van der Waals surface area (Å²) in [5.74, 6) is -0.545. The van der Waals surface area contributed by atoms with Gasteiger partial charge in [0.1, 0.15) is 11.5 Å². The van der Waals surface area contributed by atoms with Gasteiger partial charge in [-0.1, -0.05) is 31.2 Å². The van der Waals surface area contributed by atoms with E-state index < -0.39 is 17.3 Å². The minimum Gasteiger partial charge on any atom is -0.508 e. The van der Waals surface area contributed by atoms with Gasteiger partial charge < -0.3 is 15.3 Å². The molecule has 0 aliphatic heterocycles. The summed E-state index contributed by atoms with van der Waals surface area (Å²) in [5, 5.41) is 29.9. The van der Waals surface area contributed by atoms with E-state index in [0.717, 1.165) is 35.1 Å². The van der Waals surface area contributed by atoms with Crippen LogP contribution in [0.15, 0.2) is 36.4 Å². The molecule has 0 spiro atoms. The van der Waals surface area contributed by atoms with E-state index in [-0.39, 0.29) is 11.5 Å². The summed E-state index contributed by atoms with van der Waals surface area (Å²) in [7, 11) is 0. The second kappa shape index (κ2) is 6.67. The third-order valence-electron chi connectivity index (χ3n) is 5.94. The molecule has 2 atom stereocenters. The minimum atomic E-state index is -0.798. The molecular weight excluding hydrogens is 328 g/mol. The molecule has 0 radical (unpaired) electrons. The van der Waals surface area contributed by atoms with Gasteiger partial charge in [0.2, 0.25) is 0 Å². The fourth-order valence-corrected chi connectivity index (χ4v) is 4.50. The van der Waals surface area contributed by atoms with Gasteiger partial charge in [-0.2, -0.15) is 0 Å². The molecule has 2 aromatic carbocycles. The maximum Gasteiger partial charge on any atom is 0.307 e. The lowest BCUT2D eigenvalue weighted by molar-refractivity contribution is -0.145. The normalized spacial score (nSPS) is 22.1. The smallest absolute Gasteiger partial charge is 0.307 e. The Kier molecular flexibility index (Phi) is 4.70. The van der Waals surface area contributed by atoms with E-state index in [1.165, 1.54) is 0 Å². The Balaban J connectivity index is 2.30. The van der Waals surface area contributed by atoms with Crippen LogP contribution in [-0.4, -0.2) is 21.3 Å². The Morgan fingerprint density at radius 1 is 0.962 bits per heavy atom. The summed E-state index contributed by atoms with van der Waals surface area (Å²) in [6.07, 6.45) is 2.21. The third kappa shape index (κ3) is 2.94. The number of phenolic OH excluding ortho intramolecular Hbond substituents is 2. The molecule has 3 rings (SSSR count). The Bertz CT molecular complexity index is 789. The Morgan fingerprint density at radius 2 is 1.46 bits per heavy atom. The predicted octanol–water partition coefficient (Wildman–Crippen LogP) is 4.52. The van der Waals surface area contributed by atoms with Crippen molar-refractivity contribution in [2.45, 2.75) is 45.4 Å². The minimum absolute atomic E-state index is 0.210. The number of rotatable bonds is 3. The van der Waals surface area contributed by atoms with Crippen LogP contribution in [-0.2, 0) is 10.2 Å². The van der Waals surface area contributed by atoms with E-state index in [4.69, 9.17) is 0 Å². The van der Waals surface area contributed by atoms with E-state index in [2.05, 4.69) is 6.92 Å². The number of benzene rings is 2. The number of carbonyl (C=O) groups is 1. The summed E-state index contributed by atoms with van der Waals surface area (Å²) < 4.78 is 0. The van der Waals surface area contributed by atoms with Crippen LogP contribution in [0.25, 0.3) is 0 Å². The average Bonchev–Trinajstić information content (AvgIpc) is 2.59. The van der Waals surface area contributed by atoms with Crippen molar-refractivity contribution in [3.05, 3.63) is 58.7 Å². The Labute approximate surface area is 154 Å². The zero-order valence-electron chi connectivity index (χ0n) is 15.5. The highest BCUT2D eigenvalue weighted by Crippen LogP contribution is 2.51. The molecule has 0 amide bonds. The van der Waals surface area contributed by atoms with Crippen LogP contribution in [0, 0.1) is 25.7 Å². The molecular formula is C22H26O4. The molecule has 2 aromatic rings.